The summed E-state index contributed by atoms with van der Waals surface area (Å²) < 4.78 is 11.9. The SMILES string of the molecule is COc1ccc(-c2sc(NC(=O)Cc3ccc4nc(N)sc4c3)nc2-c2ccc(C)cc2)cc1OC. The molecular formula is C27H24N4O3S2. The lowest BCUT2D eigenvalue weighted by Gasteiger charge is -2.09. The van der Waals surface area contributed by atoms with Crippen LogP contribution in [-0.2, 0) is 11.2 Å². The number of nitrogens with zero attached hydrogens (tertiary/aromatic N) is 2. The van der Waals surface area contributed by atoms with Crippen molar-refractivity contribution >= 4 is 49.1 Å². The lowest BCUT2D eigenvalue weighted by atomic mass is 10.1. The number of ether oxygens (including phenoxy) is 2. The second-order valence-electron chi connectivity index (χ2n) is 8.21. The zero-order chi connectivity index (χ0) is 25.2. The molecule has 2 aromatic heterocycles. The zero-order valence-electron chi connectivity index (χ0n) is 20.0. The highest BCUT2D eigenvalue weighted by Gasteiger charge is 2.18. The average molecular weight is 517 g/mol. The number of rotatable bonds is 7. The van der Waals surface area contributed by atoms with Gasteiger partial charge in [0.2, 0.25) is 5.91 Å². The molecule has 7 nitrogen and oxygen atoms in total. The number of benzene rings is 3. The number of carbonyl (C=O) groups excluding carboxylic acids is 1. The van der Waals surface area contributed by atoms with Crippen LogP contribution in [0.25, 0.3) is 31.9 Å². The number of hydrogen-bond acceptors (Lipinski definition) is 8. The third-order valence-corrected chi connectivity index (χ3v) is 7.55. The topological polar surface area (TPSA) is 99.4 Å². The standard InChI is InChI=1S/C27H24N4O3S2/c1-15-4-7-17(8-5-15)24-25(18-9-11-20(33-2)21(14-18)34-3)36-27(31-24)30-23(32)13-16-6-10-19-22(12-16)35-26(28)29-19/h4-12,14H,13H2,1-3H3,(H2,28,29)(H,30,31,32). The molecule has 0 unspecified atom stereocenters. The fourth-order valence-electron chi connectivity index (χ4n) is 3.90. The van der Waals surface area contributed by atoms with Crippen LogP contribution in [0.1, 0.15) is 11.1 Å². The van der Waals surface area contributed by atoms with Crippen LogP contribution in [-0.4, -0.2) is 30.1 Å². The van der Waals surface area contributed by atoms with E-state index in [0.29, 0.717) is 21.8 Å². The number of amides is 1. The van der Waals surface area contributed by atoms with Crippen LogP contribution in [0.3, 0.4) is 0 Å². The van der Waals surface area contributed by atoms with Gasteiger partial charge in [0.1, 0.15) is 0 Å². The number of aryl methyl sites for hydroxylation is 1. The number of thiazole rings is 2. The summed E-state index contributed by atoms with van der Waals surface area (Å²) in [5, 5.41) is 4.03. The number of nitrogens with two attached hydrogens (primary N) is 1. The lowest BCUT2D eigenvalue weighted by molar-refractivity contribution is -0.115. The molecule has 0 radical (unpaired) electrons. The van der Waals surface area contributed by atoms with Crippen molar-refractivity contribution in [3.05, 3.63) is 71.8 Å². The normalized spacial score (nSPS) is 11.0. The number of nitrogen functional groups attached to an aromatic ring is 1. The first-order valence-electron chi connectivity index (χ1n) is 11.2. The summed E-state index contributed by atoms with van der Waals surface area (Å²) in [6, 6.07) is 19.7. The molecule has 5 aromatic rings. The first-order chi connectivity index (χ1) is 17.4. The molecule has 0 aliphatic rings. The second kappa shape index (κ2) is 9.96. The predicted molar refractivity (Wildman–Crippen MR) is 147 cm³/mol. The minimum atomic E-state index is -0.144. The van der Waals surface area contributed by atoms with Crippen molar-refractivity contribution in [3.63, 3.8) is 0 Å². The molecule has 0 saturated carbocycles. The lowest BCUT2D eigenvalue weighted by Crippen LogP contribution is -2.14. The molecule has 0 saturated heterocycles. The number of nitrogens with one attached hydrogen (secondary N) is 1. The highest BCUT2D eigenvalue weighted by molar-refractivity contribution is 7.22. The molecule has 3 N–H and O–H groups in total. The Kier molecular flexibility index (Phi) is 6.58. The Morgan fingerprint density at radius 1 is 0.917 bits per heavy atom. The van der Waals surface area contributed by atoms with E-state index in [0.717, 1.165) is 43.0 Å². The molecular weight excluding hydrogens is 492 g/mol. The molecule has 0 spiro atoms. The molecule has 0 aliphatic heterocycles. The molecule has 5 rings (SSSR count). The summed E-state index contributed by atoms with van der Waals surface area (Å²) in [6.45, 7) is 2.05. The first-order valence-corrected chi connectivity index (χ1v) is 12.8. The number of anilines is 2. The van der Waals surface area contributed by atoms with E-state index in [4.69, 9.17) is 20.2 Å². The van der Waals surface area contributed by atoms with E-state index in [1.54, 1.807) is 14.2 Å². The van der Waals surface area contributed by atoms with Gasteiger partial charge in [0.05, 0.1) is 41.4 Å². The number of fused-ring (bicyclic) bond motifs is 1. The highest BCUT2D eigenvalue weighted by atomic mass is 32.1. The smallest absolute Gasteiger partial charge is 0.230 e. The van der Waals surface area contributed by atoms with E-state index in [9.17, 15) is 4.79 Å². The monoisotopic (exact) mass is 516 g/mol. The summed E-state index contributed by atoms with van der Waals surface area (Å²) in [6.07, 6.45) is 0.221. The van der Waals surface area contributed by atoms with Crippen LogP contribution in [0.15, 0.2) is 60.7 Å². The summed E-state index contributed by atoms with van der Waals surface area (Å²) >= 11 is 2.84. The number of methoxy groups -OCH3 is 2. The molecule has 3 aromatic carbocycles. The van der Waals surface area contributed by atoms with E-state index < -0.39 is 0 Å². The van der Waals surface area contributed by atoms with Gasteiger partial charge < -0.3 is 20.5 Å². The van der Waals surface area contributed by atoms with E-state index in [2.05, 4.69) is 10.3 Å². The summed E-state index contributed by atoms with van der Waals surface area (Å²) in [7, 11) is 3.22. The highest BCUT2D eigenvalue weighted by Crippen LogP contribution is 2.42. The van der Waals surface area contributed by atoms with Crippen LogP contribution >= 0.6 is 22.7 Å². The summed E-state index contributed by atoms with van der Waals surface area (Å²) in [5.41, 5.74) is 11.4. The van der Waals surface area contributed by atoms with Gasteiger partial charge in [0.25, 0.3) is 0 Å². The van der Waals surface area contributed by atoms with Crippen molar-refractivity contribution in [2.45, 2.75) is 13.3 Å². The number of carbonyl (C=O) groups is 1. The van der Waals surface area contributed by atoms with E-state index in [-0.39, 0.29) is 12.3 Å². The molecule has 0 aliphatic carbocycles. The number of aromatic nitrogens is 2. The van der Waals surface area contributed by atoms with Crippen LogP contribution in [0, 0.1) is 6.92 Å². The van der Waals surface area contributed by atoms with Crippen molar-refractivity contribution < 1.29 is 14.3 Å². The largest absolute Gasteiger partial charge is 0.493 e. The van der Waals surface area contributed by atoms with E-state index in [1.807, 2.05) is 67.6 Å². The quantitative estimate of drug-likeness (QED) is 0.268. The summed E-state index contributed by atoms with van der Waals surface area (Å²) in [5.74, 6) is 1.13. The van der Waals surface area contributed by atoms with Crippen molar-refractivity contribution in [1.82, 2.24) is 9.97 Å². The van der Waals surface area contributed by atoms with Crippen LogP contribution in [0.2, 0.25) is 0 Å². The maximum atomic E-state index is 12.9. The van der Waals surface area contributed by atoms with Crippen LogP contribution < -0.4 is 20.5 Å². The van der Waals surface area contributed by atoms with Gasteiger partial charge in [-0.2, -0.15) is 0 Å². The Morgan fingerprint density at radius 2 is 1.67 bits per heavy atom. The fraction of sp³-hybridized carbons (Fsp3) is 0.148. The zero-order valence-corrected chi connectivity index (χ0v) is 21.6. The first kappa shape index (κ1) is 23.8. The average Bonchev–Trinajstić information content (AvgIpc) is 3.46. The Hall–Kier alpha value is -3.95. The van der Waals surface area contributed by atoms with E-state index in [1.165, 1.54) is 22.7 Å². The third-order valence-electron chi connectivity index (χ3n) is 5.68. The van der Waals surface area contributed by atoms with Gasteiger partial charge in [0.15, 0.2) is 21.8 Å². The maximum Gasteiger partial charge on any atom is 0.230 e. The van der Waals surface area contributed by atoms with Gasteiger partial charge in [-0.15, -0.1) is 0 Å². The van der Waals surface area contributed by atoms with Crippen LogP contribution in [0.4, 0.5) is 10.3 Å². The van der Waals surface area contributed by atoms with Crippen molar-refractivity contribution in [2.75, 3.05) is 25.3 Å². The van der Waals surface area contributed by atoms with Gasteiger partial charge in [0, 0.05) is 5.56 Å². The Morgan fingerprint density at radius 3 is 2.42 bits per heavy atom. The van der Waals surface area contributed by atoms with Crippen LogP contribution in [0.5, 0.6) is 11.5 Å². The summed E-state index contributed by atoms with van der Waals surface area (Å²) in [4.78, 5) is 22.9. The van der Waals surface area contributed by atoms with Gasteiger partial charge in [-0.05, 0) is 48.4 Å². The fourth-order valence-corrected chi connectivity index (χ4v) is 5.70. The molecule has 182 valence electrons. The van der Waals surface area contributed by atoms with E-state index >= 15 is 0 Å². The van der Waals surface area contributed by atoms with Gasteiger partial charge in [-0.25, -0.2) is 9.97 Å². The van der Waals surface area contributed by atoms with Gasteiger partial charge >= 0.3 is 0 Å². The minimum Gasteiger partial charge on any atom is -0.493 e. The minimum absolute atomic E-state index is 0.144. The predicted octanol–water partition coefficient (Wildman–Crippen LogP) is 6.18. The Balaban J connectivity index is 1.46. The Bertz CT molecular complexity index is 1560. The van der Waals surface area contributed by atoms with Gasteiger partial charge in [-0.3, -0.25) is 4.79 Å². The van der Waals surface area contributed by atoms with Gasteiger partial charge in [-0.1, -0.05) is 58.6 Å². The second-order valence-corrected chi connectivity index (χ2v) is 10.3. The Labute approximate surface area is 216 Å². The van der Waals surface area contributed by atoms with Crippen molar-refractivity contribution in [2.24, 2.45) is 0 Å². The molecule has 9 heteroatoms. The molecule has 2 heterocycles. The third kappa shape index (κ3) is 4.89. The molecule has 1 amide bonds. The molecule has 36 heavy (non-hydrogen) atoms. The van der Waals surface area contributed by atoms with Crippen molar-refractivity contribution in [3.8, 4) is 33.2 Å². The molecule has 0 atom stereocenters. The van der Waals surface area contributed by atoms with Crippen molar-refractivity contribution in [1.29, 1.82) is 0 Å². The maximum absolute atomic E-state index is 12.9. The molecule has 0 bridgehead atoms. The molecule has 0 fully saturated rings. The number of hydrogen-bond donors (Lipinski definition) is 2.